The molecule has 3 rings (SSSR count). The molecule has 22 heavy (non-hydrogen) atoms. The van der Waals surface area contributed by atoms with Crippen LogP contribution >= 0.6 is 0 Å². The van der Waals surface area contributed by atoms with Gasteiger partial charge in [-0.25, -0.2) is 4.98 Å². The molecule has 0 unspecified atom stereocenters. The average Bonchev–Trinajstić information content (AvgIpc) is 3.04. The molecule has 118 valence electrons. The SMILES string of the molecule is O=[N+]([O-])c1ccc2c(nc(C(F)(F)F)n2C2CCCC2)c1F. The van der Waals surface area contributed by atoms with Crippen molar-refractivity contribution in [1.29, 1.82) is 0 Å². The maximum atomic E-state index is 14.1. The van der Waals surface area contributed by atoms with Gasteiger partial charge < -0.3 is 4.57 Å². The van der Waals surface area contributed by atoms with E-state index >= 15 is 0 Å². The van der Waals surface area contributed by atoms with Crippen molar-refractivity contribution in [3.63, 3.8) is 0 Å². The number of fused-ring (bicyclic) bond motifs is 1. The Kier molecular flexibility index (Phi) is 3.30. The van der Waals surface area contributed by atoms with E-state index in [1.165, 1.54) is 0 Å². The zero-order valence-electron chi connectivity index (χ0n) is 11.2. The number of imidazole rings is 1. The zero-order chi connectivity index (χ0) is 16.1. The summed E-state index contributed by atoms with van der Waals surface area (Å²) in [5.41, 5.74) is -1.53. The molecule has 0 N–H and O–H groups in total. The number of rotatable bonds is 2. The van der Waals surface area contributed by atoms with Crippen molar-refractivity contribution >= 4 is 16.7 Å². The summed E-state index contributed by atoms with van der Waals surface area (Å²) in [6.45, 7) is 0. The molecule has 1 heterocycles. The summed E-state index contributed by atoms with van der Waals surface area (Å²) in [5.74, 6) is -2.53. The van der Waals surface area contributed by atoms with Crippen molar-refractivity contribution in [1.82, 2.24) is 9.55 Å². The molecule has 1 aromatic carbocycles. The molecule has 0 radical (unpaired) electrons. The molecule has 1 fully saturated rings. The van der Waals surface area contributed by atoms with Crippen molar-refractivity contribution in [3.8, 4) is 0 Å². The predicted octanol–water partition coefficient (Wildman–Crippen LogP) is 4.22. The summed E-state index contributed by atoms with van der Waals surface area (Å²) < 4.78 is 54.7. The van der Waals surface area contributed by atoms with Crippen LogP contribution in [0, 0.1) is 15.9 Å². The molecule has 1 saturated carbocycles. The second-order valence-electron chi connectivity index (χ2n) is 5.26. The highest BCUT2D eigenvalue weighted by atomic mass is 19.4. The third-order valence-corrected chi connectivity index (χ3v) is 3.92. The van der Waals surface area contributed by atoms with E-state index < -0.39 is 40.0 Å². The number of nitrogens with zero attached hydrogens (tertiary/aromatic N) is 3. The number of halogens is 4. The minimum atomic E-state index is -4.75. The maximum Gasteiger partial charge on any atom is 0.449 e. The highest BCUT2D eigenvalue weighted by molar-refractivity contribution is 5.80. The molecule has 0 atom stereocenters. The van der Waals surface area contributed by atoms with Crippen LogP contribution in [0.3, 0.4) is 0 Å². The van der Waals surface area contributed by atoms with Gasteiger partial charge in [0, 0.05) is 12.1 Å². The molecular weight excluding hydrogens is 306 g/mol. The number of nitro benzene ring substituents is 1. The van der Waals surface area contributed by atoms with Gasteiger partial charge in [-0.15, -0.1) is 0 Å². The Labute approximate surface area is 121 Å². The van der Waals surface area contributed by atoms with Crippen LogP contribution in [0.2, 0.25) is 0 Å². The van der Waals surface area contributed by atoms with Crippen molar-refractivity contribution in [2.45, 2.75) is 37.9 Å². The minimum Gasteiger partial charge on any atom is -0.317 e. The minimum absolute atomic E-state index is 0.0534. The molecule has 0 spiro atoms. The number of alkyl halides is 3. The average molecular weight is 317 g/mol. The summed E-state index contributed by atoms with van der Waals surface area (Å²) in [6, 6.07) is 1.60. The molecule has 0 aliphatic heterocycles. The molecule has 5 nitrogen and oxygen atoms in total. The van der Waals surface area contributed by atoms with Gasteiger partial charge in [0.2, 0.25) is 11.6 Å². The molecule has 0 saturated heterocycles. The zero-order valence-corrected chi connectivity index (χ0v) is 11.2. The fraction of sp³-hybridized carbons (Fsp3) is 0.462. The van der Waals surface area contributed by atoms with Gasteiger partial charge in [0.1, 0.15) is 5.52 Å². The highest BCUT2D eigenvalue weighted by Gasteiger charge is 2.40. The number of nitro groups is 1. The van der Waals surface area contributed by atoms with E-state index in [-0.39, 0.29) is 5.52 Å². The fourth-order valence-corrected chi connectivity index (χ4v) is 2.99. The summed E-state index contributed by atoms with van der Waals surface area (Å²) in [7, 11) is 0. The quantitative estimate of drug-likeness (QED) is 0.473. The van der Waals surface area contributed by atoms with Gasteiger partial charge >= 0.3 is 11.9 Å². The monoisotopic (exact) mass is 317 g/mol. The molecule has 2 aromatic rings. The van der Waals surface area contributed by atoms with Crippen molar-refractivity contribution in [3.05, 3.63) is 33.9 Å². The normalized spacial score (nSPS) is 16.5. The maximum absolute atomic E-state index is 14.1. The van der Waals surface area contributed by atoms with Gasteiger partial charge in [-0.1, -0.05) is 12.8 Å². The smallest absolute Gasteiger partial charge is 0.317 e. The number of aromatic nitrogens is 2. The van der Waals surface area contributed by atoms with Crippen LogP contribution < -0.4 is 0 Å². The van der Waals surface area contributed by atoms with Crippen molar-refractivity contribution in [2.24, 2.45) is 0 Å². The lowest BCUT2D eigenvalue weighted by atomic mass is 10.2. The Hall–Kier alpha value is -2.19. The summed E-state index contributed by atoms with van der Waals surface area (Å²) in [5, 5.41) is 10.7. The van der Waals surface area contributed by atoms with Gasteiger partial charge in [0.15, 0.2) is 0 Å². The van der Waals surface area contributed by atoms with Crippen LogP contribution in [0.4, 0.5) is 23.2 Å². The van der Waals surface area contributed by atoms with E-state index in [1.807, 2.05) is 0 Å². The van der Waals surface area contributed by atoms with Crippen molar-refractivity contribution < 1.29 is 22.5 Å². The summed E-state index contributed by atoms with van der Waals surface area (Å²) >= 11 is 0. The lowest BCUT2D eigenvalue weighted by Gasteiger charge is -2.17. The van der Waals surface area contributed by atoms with Gasteiger partial charge in [-0.05, 0) is 18.9 Å². The van der Waals surface area contributed by atoms with Gasteiger partial charge in [-0.3, -0.25) is 10.1 Å². The number of hydrogen-bond donors (Lipinski definition) is 0. The fourth-order valence-electron chi connectivity index (χ4n) is 2.99. The first kappa shape index (κ1) is 14.7. The first-order valence-corrected chi connectivity index (χ1v) is 6.72. The molecular formula is C13H11F4N3O2. The predicted molar refractivity (Wildman–Crippen MR) is 68.9 cm³/mol. The first-order valence-electron chi connectivity index (χ1n) is 6.72. The van der Waals surface area contributed by atoms with E-state index in [0.717, 1.165) is 29.5 Å². The number of benzene rings is 1. The third kappa shape index (κ3) is 2.20. The summed E-state index contributed by atoms with van der Waals surface area (Å²) in [6.07, 6.45) is -2.07. The summed E-state index contributed by atoms with van der Waals surface area (Å²) in [4.78, 5) is 13.1. The molecule has 1 aliphatic carbocycles. The molecule has 0 bridgehead atoms. The Morgan fingerprint density at radius 1 is 1.27 bits per heavy atom. The van der Waals surface area contributed by atoms with Gasteiger partial charge in [0.25, 0.3) is 0 Å². The highest BCUT2D eigenvalue weighted by Crippen LogP contribution is 2.40. The first-order chi connectivity index (χ1) is 10.3. The second kappa shape index (κ2) is 4.92. The van der Waals surface area contributed by atoms with E-state index in [0.29, 0.717) is 12.8 Å². The molecule has 1 aromatic heterocycles. The van der Waals surface area contributed by atoms with Crippen LogP contribution in [-0.4, -0.2) is 14.5 Å². The van der Waals surface area contributed by atoms with Crippen LogP contribution in [0.5, 0.6) is 0 Å². The molecule has 0 amide bonds. The van der Waals surface area contributed by atoms with Gasteiger partial charge in [-0.2, -0.15) is 17.6 Å². The Morgan fingerprint density at radius 3 is 2.45 bits per heavy atom. The van der Waals surface area contributed by atoms with Crippen LogP contribution in [0.1, 0.15) is 37.5 Å². The lowest BCUT2D eigenvalue weighted by Crippen LogP contribution is -2.17. The second-order valence-corrected chi connectivity index (χ2v) is 5.26. The largest absolute Gasteiger partial charge is 0.449 e. The Morgan fingerprint density at radius 2 is 1.91 bits per heavy atom. The number of hydrogen-bond acceptors (Lipinski definition) is 3. The Balaban J connectivity index is 2.30. The lowest BCUT2D eigenvalue weighted by molar-refractivity contribution is -0.387. The van der Waals surface area contributed by atoms with Crippen molar-refractivity contribution in [2.75, 3.05) is 0 Å². The van der Waals surface area contributed by atoms with E-state index in [2.05, 4.69) is 4.98 Å². The van der Waals surface area contributed by atoms with Crippen LogP contribution in [-0.2, 0) is 6.18 Å². The third-order valence-electron chi connectivity index (χ3n) is 3.92. The van der Waals surface area contributed by atoms with E-state index in [9.17, 15) is 27.7 Å². The Bertz CT molecular complexity index is 748. The molecule has 9 heteroatoms. The van der Waals surface area contributed by atoms with Gasteiger partial charge in [0.05, 0.1) is 10.4 Å². The van der Waals surface area contributed by atoms with E-state index in [1.54, 1.807) is 0 Å². The van der Waals surface area contributed by atoms with Crippen LogP contribution in [0.15, 0.2) is 12.1 Å². The topological polar surface area (TPSA) is 61.0 Å². The van der Waals surface area contributed by atoms with Crippen LogP contribution in [0.25, 0.3) is 11.0 Å². The van der Waals surface area contributed by atoms with E-state index in [4.69, 9.17) is 0 Å². The molecule has 1 aliphatic rings. The standard InChI is InChI=1S/C13H11F4N3O2/c14-10-8(20(21)22)5-6-9-11(10)18-12(13(15,16)17)19(9)7-3-1-2-4-7/h5-7H,1-4H2.